The van der Waals surface area contributed by atoms with Crippen molar-refractivity contribution in [2.24, 2.45) is 0 Å². The fourth-order valence-corrected chi connectivity index (χ4v) is 4.64. The monoisotopic (exact) mass is 435 g/mol. The molecule has 158 valence electrons. The number of pyridine rings is 1. The molecule has 7 heteroatoms. The van der Waals surface area contributed by atoms with Gasteiger partial charge in [-0.3, -0.25) is 9.69 Å². The Hall–Kier alpha value is -3.12. The predicted molar refractivity (Wildman–Crippen MR) is 118 cm³/mol. The van der Waals surface area contributed by atoms with E-state index in [-0.39, 0.29) is 12.0 Å². The van der Waals surface area contributed by atoms with Crippen molar-refractivity contribution in [1.29, 1.82) is 0 Å². The molecule has 2 aliphatic heterocycles. The second kappa shape index (κ2) is 7.85. The van der Waals surface area contributed by atoms with Gasteiger partial charge in [0.25, 0.3) is 5.91 Å². The number of halogens is 1. The van der Waals surface area contributed by atoms with Gasteiger partial charge in [0.15, 0.2) is 0 Å². The Balaban J connectivity index is 1.24. The number of benzene rings is 2. The van der Waals surface area contributed by atoms with Crippen LogP contribution in [0.2, 0.25) is 5.15 Å². The van der Waals surface area contributed by atoms with Crippen molar-refractivity contribution < 1.29 is 14.3 Å². The van der Waals surface area contributed by atoms with Crippen molar-refractivity contribution >= 4 is 34.4 Å². The number of piperidine rings is 1. The fraction of sp³-hybridized carbons (Fsp3) is 0.292. The number of rotatable bonds is 3. The lowest BCUT2D eigenvalue weighted by atomic mass is 9.91. The predicted octanol–water partition coefficient (Wildman–Crippen LogP) is 4.52. The van der Waals surface area contributed by atoms with E-state index < -0.39 is 5.60 Å². The van der Waals surface area contributed by atoms with Gasteiger partial charge in [0.2, 0.25) is 0 Å². The van der Waals surface area contributed by atoms with Gasteiger partial charge in [0.1, 0.15) is 10.8 Å². The highest BCUT2D eigenvalue weighted by Crippen LogP contribution is 2.34. The van der Waals surface area contributed by atoms with Gasteiger partial charge in [0, 0.05) is 44.2 Å². The lowest BCUT2D eigenvalue weighted by Crippen LogP contribution is -2.48. The van der Waals surface area contributed by atoms with Crippen LogP contribution in [-0.4, -0.2) is 52.0 Å². The van der Waals surface area contributed by atoms with Crippen LogP contribution in [0.4, 0.5) is 4.79 Å². The quantitative estimate of drug-likeness (QED) is 0.567. The van der Waals surface area contributed by atoms with Gasteiger partial charge in [-0.25, -0.2) is 9.78 Å². The topological polar surface area (TPSA) is 62.7 Å². The Morgan fingerprint density at radius 3 is 2.61 bits per heavy atom. The maximum atomic E-state index is 12.8. The molecule has 2 amide bonds. The minimum atomic E-state index is -0.527. The third kappa shape index (κ3) is 3.95. The van der Waals surface area contributed by atoms with E-state index in [2.05, 4.69) is 35.3 Å². The average molecular weight is 436 g/mol. The molecule has 0 unspecified atom stereocenters. The average Bonchev–Trinajstić information content (AvgIpc) is 3.08. The van der Waals surface area contributed by atoms with E-state index in [1.807, 2.05) is 12.1 Å². The highest BCUT2D eigenvalue weighted by molar-refractivity contribution is 6.29. The molecule has 1 spiro atoms. The van der Waals surface area contributed by atoms with Crippen LogP contribution in [0, 0.1) is 0 Å². The number of ether oxygens (including phenoxy) is 1. The zero-order chi connectivity index (χ0) is 21.4. The van der Waals surface area contributed by atoms with E-state index in [0.29, 0.717) is 49.7 Å². The van der Waals surface area contributed by atoms with E-state index >= 15 is 0 Å². The van der Waals surface area contributed by atoms with Gasteiger partial charge in [0.05, 0.1) is 6.54 Å². The molecular formula is C24H22ClN3O3. The number of carbonyl (C=O) groups excluding carboxylic acids is 2. The Kier molecular flexibility index (Phi) is 5.02. The number of carbonyl (C=O) groups is 2. The molecule has 2 aromatic carbocycles. The molecule has 3 heterocycles. The third-order valence-electron chi connectivity index (χ3n) is 6.16. The minimum Gasteiger partial charge on any atom is -0.441 e. The first-order valence-corrected chi connectivity index (χ1v) is 10.8. The van der Waals surface area contributed by atoms with Crippen LogP contribution >= 0.6 is 11.6 Å². The zero-order valence-corrected chi connectivity index (χ0v) is 17.7. The van der Waals surface area contributed by atoms with Crippen molar-refractivity contribution in [2.75, 3.05) is 19.6 Å². The van der Waals surface area contributed by atoms with Crippen molar-refractivity contribution in [3.63, 3.8) is 0 Å². The van der Waals surface area contributed by atoms with Crippen molar-refractivity contribution in [3.05, 3.63) is 77.1 Å². The van der Waals surface area contributed by atoms with Gasteiger partial charge in [-0.15, -0.1) is 0 Å². The molecule has 3 aromatic rings. The first-order valence-electron chi connectivity index (χ1n) is 10.4. The maximum Gasteiger partial charge on any atom is 0.410 e. The van der Waals surface area contributed by atoms with Crippen LogP contribution in [0.25, 0.3) is 10.8 Å². The molecule has 5 rings (SSSR count). The molecule has 0 atom stereocenters. The zero-order valence-electron chi connectivity index (χ0n) is 17.0. The van der Waals surface area contributed by atoms with Crippen LogP contribution in [0.1, 0.15) is 28.8 Å². The number of likely N-dealkylation sites (tertiary alicyclic amines) is 1. The minimum absolute atomic E-state index is 0.0727. The van der Waals surface area contributed by atoms with Crippen molar-refractivity contribution in [1.82, 2.24) is 14.8 Å². The van der Waals surface area contributed by atoms with Crippen LogP contribution in [-0.2, 0) is 11.3 Å². The summed E-state index contributed by atoms with van der Waals surface area (Å²) in [5.74, 6) is -0.0727. The number of hydrogen-bond acceptors (Lipinski definition) is 4. The third-order valence-corrected chi connectivity index (χ3v) is 6.37. The normalized spacial score (nSPS) is 17.9. The van der Waals surface area contributed by atoms with Crippen LogP contribution in [0.5, 0.6) is 0 Å². The van der Waals surface area contributed by atoms with Crippen molar-refractivity contribution in [3.8, 4) is 0 Å². The lowest BCUT2D eigenvalue weighted by molar-refractivity contribution is 0.00312. The number of nitrogens with zero attached hydrogens (tertiary/aromatic N) is 3. The molecule has 0 aliphatic carbocycles. The highest BCUT2D eigenvalue weighted by atomic mass is 35.5. The molecule has 2 aliphatic rings. The van der Waals surface area contributed by atoms with Gasteiger partial charge in [-0.1, -0.05) is 48.0 Å². The second-order valence-electron chi connectivity index (χ2n) is 8.25. The largest absolute Gasteiger partial charge is 0.441 e. The van der Waals surface area contributed by atoms with Gasteiger partial charge in [-0.05, 0) is 34.5 Å². The molecule has 0 radical (unpaired) electrons. The summed E-state index contributed by atoms with van der Waals surface area (Å²) >= 11 is 5.91. The van der Waals surface area contributed by atoms with E-state index in [0.717, 1.165) is 10.9 Å². The Morgan fingerprint density at radius 1 is 1.06 bits per heavy atom. The summed E-state index contributed by atoms with van der Waals surface area (Å²) in [5, 5.41) is 2.64. The second-order valence-corrected chi connectivity index (χ2v) is 8.64. The van der Waals surface area contributed by atoms with Crippen LogP contribution in [0.15, 0.2) is 60.8 Å². The summed E-state index contributed by atoms with van der Waals surface area (Å²) < 4.78 is 5.83. The van der Waals surface area contributed by atoms with E-state index in [4.69, 9.17) is 16.3 Å². The Labute approximate surface area is 185 Å². The number of aromatic nitrogens is 1. The standard InChI is InChI=1S/C24H22ClN3O3/c25-21-14-20(7-10-26-21)22(29)27-11-8-24(9-12-27)16-28(23(30)31-24)15-17-5-6-18-3-1-2-4-19(18)13-17/h1-7,10,13-14H,8-9,11-12,15-16H2. The molecule has 1 aromatic heterocycles. The fourth-order valence-electron chi connectivity index (χ4n) is 4.47. The number of fused-ring (bicyclic) bond motifs is 1. The Morgan fingerprint density at radius 2 is 1.84 bits per heavy atom. The van der Waals surface area contributed by atoms with Gasteiger partial charge < -0.3 is 9.64 Å². The summed E-state index contributed by atoms with van der Waals surface area (Å²) in [6, 6.07) is 17.7. The molecule has 2 fully saturated rings. The summed E-state index contributed by atoms with van der Waals surface area (Å²) in [7, 11) is 0. The van der Waals surface area contributed by atoms with E-state index in [9.17, 15) is 9.59 Å². The van der Waals surface area contributed by atoms with E-state index in [1.165, 1.54) is 11.6 Å². The lowest BCUT2D eigenvalue weighted by Gasteiger charge is -2.37. The number of amides is 2. The molecule has 0 N–H and O–H groups in total. The maximum absolute atomic E-state index is 12.8. The smallest absolute Gasteiger partial charge is 0.410 e. The Bertz CT molecular complexity index is 1160. The molecule has 0 bridgehead atoms. The molecular weight excluding hydrogens is 414 g/mol. The summed E-state index contributed by atoms with van der Waals surface area (Å²) in [6.07, 6.45) is 2.49. The summed E-state index contributed by atoms with van der Waals surface area (Å²) in [6.45, 7) is 2.14. The molecule has 6 nitrogen and oxygen atoms in total. The first kappa shape index (κ1) is 19.8. The SMILES string of the molecule is O=C1OC2(CCN(C(=O)c3ccnc(Cl)c3)CC2)CN1Cc1ccc2ccccc2c1. The highest BCUT2D eigenvalue weighted by Gasteiger charge is 2.47. The molecule has 2 saturated heterocycles. The molecule has 0 saturated carbocycles. The summed E-state index contributed by atoms with van der Waals surface area (Å²) in [4.78, 5) is 32.8. The van der Waals surface area contributed by atoms with E-state index in [1.54, 1.807) is 21.9 Å². The van der Waals surface area contributed by atoms with Crippen LogP contribution < -0.4 is 0 Å². The van der Waals surface area contributed by atoms with Crippen molar-refractivity contribution in [2.45, 2.75) is 25.0 Å². The number of hydrogen-bond donors (Lipinski definition) is 0. The van der Waals surface area contributed by atoms with Gasteiger partial charge in [-0.2, -0.15) is 0 Å². The van der Waals surface area contributed by atoms with Gasteiger partial charge >= 0.3 is 6.09 Å². The molecule has 31 heavy (non-hydrogen) atoms. The summed E-state index contributed by atoms with van der Waals surface area (Å²) in [5.41, 5.74) is 1.08. The van der Waals surface area contributed by atoms with Crippen LogP contribution in [0.3, 0.4) is 0 Å². The first-order chi connectivity index (χ1) is 15.0.